The van der Waals surface area contributed by atoms with E-state index in [1.54, 1.807) is 24.3 Å². The van der Waals surface area contributed by atoms with Gasteiger partial charge in [0.05, 0.1) is 159 Å². The van der Waals surface area contributed by atoms with E-state index in [2.05, 4.69) is 10.6 Å². The number of rotatable bonds is 42. The van der Waals surface area contributed by atoms with Crippen molar-refractivity contribution < 1.29 is 66.4 Å². The van der Waals surface area contributed by atoms with Gasteiger partial charge in [-0.2, -0.15) is 0 Å². The number of nitrogens with two attached hydrogens (primary N) is 2. The molecule has 0 aliphatic heterocycles. The lowest BCUT2D eigenvalue weighted by atomic mass is 10.2. The molecule has 0 heterocycles. The minimum Gasteiger partial charge on any atom is -0.399 e. The number of carbonyl (C=O) groups excluding carboxylic acids is 2. The summed E-state index contributed by atoms with van der Waals surface area (Å²) in [6.07, 6.45) is 0.312. The van der Waals surface area contributed by atoms with Gasteiger partial charge in [-0.1, -0.05) is 6.07 Å². The average molecular weight is 779 g/mol. The van der Waals surface area contributed by atoms with Gasteiger partial charge in [-0.05, 0) is 18.2 Å². The van der Waals surface area contributed by atoms with E-state index in [1.165, 1.54) is 0 Å². The first-order valence-electron chi connectivity index (χ1n) is 18.7. The molecule has 1 rings (SSSR count). The Morgan fingerprint density at radius 1 is 0.444 bits per heavy atom. The van der Waals surface area contributed by atoms with Gasteiger partial charge >= 0.3 is 0 Å². The highest BCUT2D eigenvalue weighted by Crippen LogP contribution is 2.05. The van der Waals surface area contributed by atoms with Crippen LogP contribution in [0.25, 0.3) is 0 Å². The Balaban J connectivity index is 1.64. The number of benzene rings is 1. The number of ether oxygens (including phenoxy) is 12. The van der Waals surface area contributed by atoms with Crippen LogP contribution in [0.4, 0.5) is 5.69 Å². The van der Waals surface area contributed by atoms with Crippen LogP contribution in [0.15, 0.2) is 24.3 Å². The first-order chi connectivity index (χ1) is 26.6. The zero-order valence-electron chi connectivity index (χ0n) is 32.0. The Hall–Kier alpha value is -2.56. The largest absolute Gasteiger partial charge is 0.399 e. The SMILES string of the molecule is NCCNC(=O)CCOCCOCCOCCOCCOCCOCCOCCOCCOCCOCCOCCOCCNC(=O)c1cccc(N)c1. The highest BCUT2D eigenvalue weighted by atomic mass is 16.6. The highest BCUT2D eigenvalue weighted by Gasteiger charge is 2.05. The first kappa shape index (κ1) is 49.5. The maximum Gasteiger partial charge on any atom is 0.251 e. The summed E-state index contributed by atoms with van der Waals surface area (Å²) in [6, 6.07) is 6.82. The van der Waals surface area contributed by atoms with Gasteiger partial charge in [-0.25, -0.2) is 0 Å². The summed E-state index contributed by atoms with van der Waals surface area (Å²) < 4.78 is 65.5. The van der Waals surface area contributed by atoms with Crippen LogP contribution in [0.1, 0.15) is 16.8 Å². The number of carbonyl (C=O) groups is 2. The lowest BCUT2D eigenvalue weighted by Gasteiger charge is -2.09. The van der Waals surface area contributed by atoms with Gasteiger partial charge in [0.15, 0.2) is 0 Å². The standard InChI is InChI=1S/C36H66N4O14/c37-5-6-39-35(41)4-8-43-10-12-45-14-16-47-18-20-49-22-24-51-26-28-53-30-31-54-29-27-52-25-23-50-21-19-48-17-15-46-13-11-44-9-7-40-36(42)33-2-1-3-34(38)32-33/h1-3,32H,4-31,37-38H2,(H,39,41)(H,40,42). The zero-order chi connectivity index (χ0) is 38.8. The van der Waals surface area contributed by atoms with Crippen LogP contribution in [0.3, 0.4) is 0 Å². The summed E-state index contributed by atoms with van der Waals surface area (Å²) in [5.41, 5.74) is 12.1. The molecule has 314 valence electrons. The van der Waals surface area contributed by atoms with Crippen LogP contribution >= 0.6 is 0 Å². The molecule has 18 nitrogen and oxygen atoms in total. The summed E-state index contributed by atoms with van der Waals surface area (Å²) >= 11 is 0. The van der Waals surface area contributed by atoms with Crippen LogP contribution in [-0.2, 0) is 61.6 Å². The second kappa shape index (κ2) is 40.1. The predicted molar refractivity (Wildman–Crippen MR) is 200 cm³/mol. The van der Waals surface area contributed by atoms with E-state index >= 15 is 0 Å². The van der Waals surface area contributed by atoms with Gasteiger partial charge in [-0.15, -0.1) is 0 Å². The quantitative estimate of drug-likeness (QED) is 0.0493. The predicted octanol–water partition coefficient (Wildman–Crippen LogP) is -0.337. The molecule has 0 aliphatic carbocycles. The van der Waals surface area contributed by atoms with Gasteiger partial charge in [0.2, 0.25) is 5.91 Å². The normalized spacial score (nSPS) is 11.3. The first-order valence-corrected chi connectivity index (χ1v) is 18.7. The number of nitrogen functional groups attached to an aromatic ring is 1. The molecule has 0 aliphatic rings. The number of hydrogen-bond donors (Lipinski definition) is 4. The molecule has 1 aromatic carbocycles. The van der Waals surface area contributed by atoms with Crippen molar-refractivity contribution in [2.45, 2.75) is 6.42 Å². The van der Waals surface area contributed by atoms with Gasteiger partial charge in [0, 0.05) is 37.3 Å². The molecular weight excluding hydrogens is 712 g/mol. The molecule has 1 aromatic rings. The van der Waals surface area contributed by atoms with Crippen molar-refractivity contribution in [1.82, 2.24) is 10.6 Å². The number of nitrogens with one attached hydrogen (secondary N) is 2. The number of anilines is 1. The molecule has 0 spiro atoms. The Bertz CT molecular complexity index is 985. The summed E-state index contributed by atoms with van der Waals surface area (Å²) in [6.45, 7) is 12.4. The molecule has 0 aromatic heterocycles. The van der Waals surface area contributed by atoms with Crippen molar-refractivity contribution in [2.24, 2.45) is 5.73 Å². The Kier molecular flexibility index (Phi) is 36.7. The van der Waals surface area contributed by atoms with Crippen LogP contribution in [-0.4, -0.2) is 190 Å². The monoisotopic (exact) mass is 778 g/mol. The summed E-state index contributed by atoms with van der Waals surface area (Å²) in [4.78, 5) is 23.4. The van der Waals surface area contributed by atoms with E-state index in [0.29, 0.717) is 196 Å². The molecule has 0 saturated carbocycles. The Labute approximate surface area is 320 Å². The van der Waals surface area contributed by atoms with Crippen molar-refractivity contribution in [2.75, 3.05) is 184 Å². The van der Waals surface area contributed by atoms with Crippen molar-refractivity contribution >= 4 is 17.5 Å². The van der Waals surface area contributed by atoms with Gasteiger partial charge in [-0.3, -0.25) is 9.59 Å². The Morgan fingerprint density at radius 3 is 1.11 bits per heavy atom. The topological polar surface area (TPSA) is 221 Å². The third-order valence-electron chi connectivity index (χ3n) is 6.71. The van der Waals surface area contributed by atoms with E-state index in [0.717, 1.165) is 0 Å². The molecule has 0 atom stereocenters. The molecule has 0 bridgehead atoms. The van der Waals surface area contributed by atoms with Crippen LogP contribution < -0.4 is 22.1 Å². The molecule has 18 heteroatoms. The minimum absolute atomic E-state index is 0.0677. The second-order valence-corrected chi connectivity index (χ2v) is 11.1. The van der Waals surface area contributed by atoms with Crippen molar-refractivity contribution in [3.8, 4) is 0 Å². The number of amides is 2. The summed E-state index contributed by atoms with van der Waals surface area (Å²) in [5, 5.41) is 5.46. The fourth-order valence-electron chi connectivity index (χ4n) is 4.00. The smallest absolute Gasteiger partial charge is 0.251 e. The zero-order valence-corrected chi connectivity index (χ0v) is 32.0. The molecule has 6 N–H and O–H groups in total. The van der Waals surface area contributed by atoms with E-state index < -0.39 is 0 Å². The fraction of sp³-hybridized carbons (Fsp3) is 0.778. The van der Waals surface area contributed by atoms with Crippen LogP contribution in [0.5, 0.6) is 0 Å². The minimum atomic E-state index is -0.183. The van der Waals surface area contributed by atoms with E-state index in [4.69, 9.17) is 68.3 Å². The molecule has 0 radical (unpaired) electrons. The molecule has 0 saturated heterocycles. The van der Waals surface area contributed by atoms with Gasteiger partial charge in [0.1, 0.15) is 0 Å². The van der Waals surface area contributed by atoms with Crippen molar-refractivity contribution in [3.63, 3.8) is 0 Å². The molecular formula is C36H66N4O14. The maximum atomic E-state index is 12.0. The van der Waals surface area contributed by atoms with Gasteiger partial charge < -0.3 is 78.9 Å². The second-order valence-electron chi connectivity index (χ2n) is 11.1. The summed E-state index contributed by atoms with van der Waals surface area (Å²) in [7, 11) is 0. The maximum absolute atomic E-state index is 12.0. The third kappa shape index (κ3) is 35.2. The van der Waals surface area contributed by atoms with Gasteiger partial charge in [0.25, 0.3) is 5.91 Å². The lowest BCUT2D eigenvalue weighted by Crippen LogP contribution is -2.29. The van der Waals surface area contributed by atoms with Crippen LogP contribution in [0, 0.1) is 0 Å². The third-order valence-corrected chi connectivity index (χ3v) is 6.71. The van der Waals surface area contributed by atoms with E-state index in [1.807, 2.05) is 0 Å². The molecule has 54 heavy (non-hydrogen) atoms. The van der Waals surface area contributed by atoms with E-state index in [-0.39, 0.29) is 11.8 Å². The fourth-order valence-corrected chi connectivity index (χ4v) is 4.00. The number of hydrogen-bond acceptors (Lipinski definition) is 16. The molecule has 2 amide bonds. The average Bonchev–Trinajstić information content (AvgIpc) is 3.17. The van der Waals surface area contributed by atoms with E-state index in [9.17, 15) is 9.59 Å². The van der Waals surface area contributed by atoms with Crippen LogP contribution in [0.2, 0.25) is 0 Å². The van der Waals surface area contributed by atoms with Crippen molar-refractivity contribution in [3.05, 3.63) is 29.8 Å². The highest BCUT2D eigenvalue weighted by molar-refractivity contribution is 5.94. The lowest BCUT2D eigenvalue weighted by molar-refractivity contribution is -0.122. The Morgan fingerprint density at radius 2 is 0.778 bits per heavy atom. The van der Waals surface area contributed by atoms with Crippen molar-refractivity contribution in [1.29, 1.82) is 0 Å². The molecule has 0 fully saturated rings. The molecule has 0 unspecified atom stereocenters. The summed E-state index contributed by atoms with van der Waals surface area (Å²) in [5.74, 6) is -0.251.